The third kappa shape index (κ3) is 5.33. The zero-order valence-corrected chi connectivity index (χ0v) is 11.4. The standard InChI is InChI=1S/C15H26N2/c1-4-14-5-7-15(8-6-14)12-17(3)11-13(2)9-10-16/h5-8,13H,4,9-12,16H2,1-3H3. The lowest BCUT2D eigenvalue weighted by Gasteiger charge is -2.21. The highest BCUT2D eigenvalue weighted by atomic mass is 15.1. The van der Waals surface area contributed by atoms with Crippen LogP contribution in [0.1, 0.15) is 31.4 Å². The fourth-order valence-corrected chi connectivity index (χ4v) is 2.16. The molecule has 0 aliphatic carbocycles. The number of nitrogens with two attached hydrogens (primary N) is 1. The molecular formula is C15H26N2. The maximum absolute atomic E-state index is 5.57. The second kappa shape index (κ2) is 7.46. The van der Waals surface area contributed by atoms with E-state index in [0.717, 1.165) is 32.5 Å². The number of benzene rings is 1. The molecule has 0 bridgehead atoms. The maximum atomic E-state index is 5.57. The van der Waals surface area contributed by atoms with Gasteiger partial charge >= 0.3 is 0 Å². The minimum atomic E-state index is 0.680. The number of aryl methyl sites for hydroxylation is 1. The third-order valence-corrected chi connectivity index (χ3v) is 3.17. The van der Waals surface area contributed by atoms with Gasteiger partial charge in [0, 0.05) is 13.1 Å². The summed E-state index contributed by atoms with van der Waals surface area (Å²) in [4.78, 5) is 2.38. The highest BCUT2D eigenvalue weighted by Gasteiger charge is 2.06. The Labute approximate surface area is 106 Å². The molecule has 0 saturated heterocycles. The predicted molar refractivity (Wildman–Crippen MR) is 75.0 cm³/mol. The average Bonchev–Trinajstić information content (AvgIpc) is 2.30. The van der Waals surface area contributed by atoms with Crippen molar-refractivity contribution in [2.45, 2.75) is 33.2 Å². The van der Waals surface area contributed by atoms with Crippen molar-refractivity contribution in [3.63, 3.8) is 0 Å². The topological polar surface area (TPSA) is 29.3 Å². The lowest BCUT2D eigenvalue weighted by atomic mass is 10.1. The lowest BCUT2D eigenvalue weighted by molar-refractivity contribution is 0.273. The van der Waals surface area contributed by atoms with Gasteiger partial charge in [0.15, 0.2) is 0 Å². The number of hydrogen-bond acceptors (Lipinski definition) is 2. The van der Waals surface area contributed by atoms with Gasteiger partial charge in [-0.25, -0.2) is 0 Å². The first-order chi connectivity index (χ1) is 8.15. The van der Waals surface area contributed by atoms with Crippen molar-refractivity contribution in [3.8, 4) is 0 Å². The van der Waals surface area contributed by atoms with Crippen LogP contribution in [0, 0.1) is 5.92 Å². The molecule has 1 aromatic rings. The Morgan fingerprint density at radius 2 is 1.76 bits per heavy atom. The minimum absolute atomic E-state index is 0.680. The molecule has 2 heteroatoms. The van der Waals surface area contributed by atoms with Gasteiger partial charge in [-0.15, -0.1) is 0 Å². The largest absolute Gasteiger partial charge is 0.330 e. The van der Waals surface area contributed by atoms with E-state index in [4.69, 9.17) is 5.73 Å². The Morgan fingerprint density at radius 3 is 2.29 bits per heavy atom. The van der Waals surface area contributed by atoms with Crippen molar-refractivity contribution in [2.75, 3.05) is 20.1 Å². The van der Waals surface area contributed by atoms with E-state index in [-0.39, 0.29) is 0 Å². The van der Waals surface area contributed by atoms with Crippen molar-refractivity contribution in [2.24, 2.45) is 11.7 Å². The van der Waals surface area contributed by atoms with Crippen LogP contribution in [-0.2, 0) is 13.0 Å². The molecule has 0 spiro atoms. The molecule has 1 unspecified atom stereocenters. The molecule has 0 radical (unpaired) electrons. The highest BCUT2D eigenvalue weighted by Crippen LogP contribution is 2.09. The Morgan fingerprint density at radius 1 is 1.18 bits per heavy atom. The minimum Gasteiger partial charge on any atom is -0.330 e. The molecule has 0 fully saturated rings. The maximum Gasteiger partial charge on any atom is 0.0230 e. The van der Waals surface area contributed by atoms with E-state index in [1.165, 1.54) is 11.1 Å². The first-order valence-electron chi connectivity index (χ1n) is 6.62. The molecule has 0 amide bonds. The number of rotatable bonds is 7. The third-order valence-electron chi connectivity index (χ3n) is 3.17. The summed E-state index contributed by atoms with van der Waals surface area (Å²) in [6.07, 6.45) is 2.22. The predicted octanol–water partition coefficient (Wildman–Crippen LogP) is 2.67. The van der Waals surface area contributed by atoms with Crippen LogP contribution in [0.3, 0.4) is 0 Å². The lowest BCUT2D eigenvalue weighted by Crippen LogP contribution is -2.25. The Hall–Kier alpha value is -0.860. The van der Waals surface area contributed by atoms with Gasteiger partial charge < -0.3 is 10.6 Å². The summed E-state index contributed by atoms with van der Waals surface area (Å²) in [5, 5.41) is 0. The SMILES string of the molecule is CCc1ccc(CN(C)CC(C)CCN)cc1. The van der Waals surface area contributed by atoms with Gasteiger partial charge in [-0.2, -0.15) is 0 Å². The van der Waals surface area contributed by atoms with E-state index in [1.807, 2.05) is 0 Å². The molecule has 0 heterocycles. The molecule has 2 nitrogen and oxygen atoms in total. The second-order valence-corrected chi connectivity index (χ2v) is 5.05. The normalized spacial score (nSPS) is 13.0. The molecule has 17 heavy (non-hydrogen) atoms. The van der Waals surface area contributed by atoms with Crippen LogP contribution in [0.25, 0.3) is 0 Å². The molecule has 96 valence electrons. The summed E-state index contributed by atoms with van der Waals surface area (Å²) in [6.45, 7) is 7.39. The van der Waals surface area contributed by atoms with E-state index in [2.05, 4.69) is 50.1 Å². The molecule has 1 rings (SSSR count). The van der Waals surface area contributed by atoms with Crippen LogP contribution in [0.2, 0.25) is 0 Å². The monoisotopic (exact) mass is 234 g/mol. The van der Waals surface area contributed by atoms with Gasteiger partial charge in [-0.3, -0.25) is 0 Å². The van der Waals surface area contributed by atoms with Crippen LogP contribution < -0.4 is 5.73 Å². The van der Waals surface area contributed by atoms with E-state index < -0.39 is 0 Å². The van der Waals surface area contributed by atoms with Crippen LogP contribution >= 0.6 is 0 Å². The molecule has 2 N–H and O–H groups in total. The van der Waals surface area contributed by atoms with Gasteiger partial charge in [-0.05, 0) is 43.5 Å². The Bertz CT molecular complexity index is 305. The number of nitrogens with zero attached hydrogens (tertiary/aromatic N) is 1. The second-order valence-electron chi connectivity index (χ2n) is 5.05. The first-order valence-corrected chi connectivity index (χ1v) is 6.62. The summed E-state index contributed by atoms with van der Waals surface area (Å²) in [6, 6.07) is 8.94. The molecule has 0 aliphatic heterocycles. The van der Waals surface area contributed by atoms with Crippen LogP contribution in [-0.4, -0.2) is 25.0 Å². The van der Waals surface area contributed by atoms with Gasteiger partial charge in [0.25, 0.3) is 0 Å². The smallest absolute Gasteiger partial charge is 0.0230 e. The van der Waals surface area contributed by atoms with Gasteiger partial charge in [0.2, 0.25) is 0 Å². The van der Waals surface area contributed by atoms with Crippen LogP contribution in [0.4, 0.5) is 0 Å². The summed E-state index contributed by atoms with van der Waals surface area (Å²) < 4.78 is 0. The number of hydrogen-bond donors (Lipinski definition) is 1. The molecule has 1 aromatic carbocycles. The quantitative estimate of drug-likeness (QED) is 0.786. The molecule has 1 atom stereocenters. The van der Waals surface area contributed by atoms with Crippen molar-refractivity contribution in [1.29, 1.82) is 0 Å². The summed E-state index contributed by atoms with van der Waals surface area (Å²) in [7, 11) is 2.18. The van der Waals surface area contributed by atoms with Crippen molar-refractivity contribution >= 4 is 0 Å². The van der Waals surface area contributed by atoms with Crippen LogP contribution in [0.15, 0.2) is 24.3 Å². The van der Waals surface area contributed by atoms with Crippen molar-refractivity contribution in [3.05, 3.63) is 35.4 Å². The van der Waals surface area contributed by atoms with Crippen molar-refractivity contribution in [1.82, 2.24) is 4.90 Å². The fraction of sp³-hybridized carbons (Fsp3) is 0.600. The fourth-order valence-electron chi connectivity index (χ4n) is 2.16. The zero-order chi connectivity index (χ0) is 12.7. The average molecular weight is 234 g/mol. The van der Waals surface area contributed by atoms with Gasteiger partial charge in [0.1, 0.15) is 0 Å². The van der Waals surface area contributed by atoms with Gasteiger partial charge in [-0.1, -0.05) is 38.1 Å². The highest BCUT2D eigenvalue weighted by molar-refractivity contribution is 5.22. The summed E-state index contributed by atoms with van der Waals surface area (Å²) >= 11 is 0. The summed E-state index contributed by atoms with van der Waals surface area (Å²) in [5.74, 6) is 0.680. The van der Waals surface area contributed by atoms with Crippen molar-refractivity contribution < 1.29 is 0 Å². The molecule has 0 aliphatic rings. The van der Waals surface area contributed by atoms with E-state index in [1.54, 1.807) is 0 Å². The molecule has 0 saturated carbocycles. The molecule has 0 aromatic heterocycles. The van der Waals surface area contributed by atoms with Gasteiger partial charge in [0.05, 0.1) is 0 Å². The Kier molecular flexibility index (Phi) is 6.23. The van der Waals surface area contributed by atoms with E-state index >= 15 is 0 Å². The zero-order valence-electron chi connectivity index (χ0n) is 11.4. The van der Waals surface area contributed by atoms with E-state index in [0.29, 0.717) is 5.92 Å². The first kappa shape index (κ1) is 14.2. The summed E-state index contributed by atoms with van der Waals surface area (Å²) in [5.41, 5.74) is 8.37. The van der Waals surface area contributed by atoms with E-state index in [9.17, 15) is 0 Å². The Balaban J connectivity index is 2.41. The molecular weight excluding hydrogens is 208 g/mol. The van der Waals surface area contributed by atoms with Crippen LogP contribution in [0.5, 0.6) is 0 Å².